The summed E-state index contributed by atoms with van der Waals surface area (Å²) >= 11 is 0. The van der Waals surface area contributed by atoms with Crippen LogP contribution >= 0.6 is 0 Å². The van der Waals surface area contributed by atoms with Gasteiger partial charge in [0.1, 0.15) is 0 Å². The monoisotopic (exact) mass is 618 g/mol. The first kappa shape index (κ1) is 27.7. The molecule has 230 valence electrons. The SMILES string of the molecule is N#Cc1ccc2c(c1)-c1cc(-c3ccc(-c4nc(-c5ccccc5)nc(-c5ccccc5)n4)cc3)ccc1C21C2CC3CC(C2)CC1C3. The third-order valence-corrected chi connectivity index (χ3v) is 12.0. The lowest BCUT2D eigenvalue weighted by Gasteiger charge is -2.61. The van der Waals surface area contributed by atoms with Crippen molar-refractivity contribution in [3.8, 4) is 62.5 Å². The second-order valence-electron chi connectivity index (χ2n) is 14.4. The molecule has 0 amide bonds. The minimum atomic E-state index is 0.0973. The van der Waals surface area contributed by atoms with Crippen LogP contribution in [0.25, 0.3) is 56.4 Å². The van der Waals surface area contributed by atoms with E-state index in [-0.39, 0.29) is 5.41 Å². The lowest BCUT2D eigenvalue weighted by atomic mass is 9.43. The van der Waals surface area contributed by atoms with Crippen molar-refractivity contribution in [2.45, 2.75) is 37.5 Å². The van der Waals surface area contributed by atoms with E-state index in [0.29, 0.717) is 29.3 Å². The number of fused-ring (bicyclic) bond motifs is 3. The molecule has 0 unspecified atom stereocenters. The minimum Gasteiger partial charge on any atom is -0.208 e. The Hall–Kier alpha value is -5.40. The average Bonchev–Trinajstić information content (AvgIpc) is 3.43. The number of benzene rings is 5. The maximum absolute atomic E-state index is 9.87. The Kier molecular flexibility index (Phi) is 6.09. The Labute approximate surface area is 281 Å². The summed E-state index contributed by atoms with van der Waals surface area (Å²) in [6.45, 7) is 0. The quantitative estimate of drug-likeness (QED) is 0.197. The molecule has 6 aromatic rings. The van der Waals surface area contributed by atoms with Gasteiger partial charge in [0.15, 0.2) is 17.5 Å². The molecule has 4 fully saturated rings. The van der Waals surface area contributed by atoms with Crippen LogP contribution < -0.4 is 0 Å². The fourth-order valence-electron chi connectivity index (χ4n) is 10.2. The molecule has 0 radical (unpaired) electrons. The molecule has 4 nitrogen and oxygen atoms in total. The zero-order valence-electron chi connectivity index (χ0n) is 26.7. The molecular formula is C44H34N4. The average molecular weight is 619 g/mol. The third kappa shape index (κ3) is 4.10. The zero-order chi connectivity index (χ0) is 31.8. The maximum atomic E-state index is 9.87. The molecule has 0 saturated heterocycles. The topological polar surface area (TPSA) is 62.5 Å². The molecule has 1 spiro atoms. The lowest BCUT2D eigenvalue weighted by molar-refractivity contribution is -0.0399. The molecule has 4 bridgehead atoms. The summed E-state index contributed by atoms with van der Waals surface area (Å²) < 4.78 is 0. The summed E-state index contributed by atoms with van der Waals surface area (Å²) in [6.07, 6.45) is 6.85. The van der Waals surface area contributed by atoms with Crippen LogP contribution in [0.3, 0.4) is 0 Å². The van der Waals surface area contributed by atoms with Crippen molar-refractivity contribution in [2.75, 3.05) is 0 Å². The van der Waals surface area contributed by atoms with Gasteiger partial charge in [0.2, 0.25) is 0 Å². The van der Waals surface area contributed by atoms with Gasteiger partial charge < -0.3 is 0 Å². The molecule has 1 aromatic heterocycles. The molecule has 5 aromatic carbocycles. The Morgan fingerprint density at radius 2 is 0.938 bits per heavy atom. The highest BCUT2D eigenvalue weighted by atomic mass is 15.0. The molecule has 4 heteroatoms. The number of hydrogen-bond donors (Lipinski definition) is 0. The van der Waals surface area contributed by atoms with Crippen molar-refractivity contribution < 1.29 is 0 Å². The predicted octanol–water partition coefficient (Wildman–Crippen LogP) is 10.1. The van der Waals surface area contributed by atoms with Gasteiger partial charge in [0.05, 0.1) is 11.6 Å². The van der Waals surface area contributed by atoms with Crippen LogP contribution in [0.15, 0.2) is 121 Å². The van der Waals surface area contributed by atoms with Crippen molar-refractivity contribution in [1.82, 2.24) is 15.0 Å². The first-order chi connectivity index (χ1) is 23.7. The van der Waals surface area contributed by atoms with E-state index in [2.05, 4.69) is 66.7 Å². The number of rotatable bonds is 4. The van der Waals surface area contributed by atoms with Gasteiger partial charge in [-0.2, -0.15) is 5.26 Å². The maximum Gasteiger partial charge on any atom is 0.164 e. The zero-order valence-corrected chi connectivity index (χ0v) is 26.7. The van der Waals surface area contributed by atoms with Gasteiger partial charge in [-0.25, -0.2) is 15.0 Å². The van der Waals surface area contributed by atoms with E-state index in [0.717, 1.165) is 39.7 Å². The standard InChI is InChI=1S/C44H34N4/c45-26-27-11-17-39-37(24-27)38-25-34(16-18-40(38)44(39)35-20-28-19-29(22-35)23-36(44)21-28)30-12-14-33(15-13-30)43-47-41(31-7-3-1-4-8-31)46-42(48-43)32-9-5-2-6-10-32/h1-18,24-25,28-29,35-36H,19-23H2. The molecule has 0 aliphatic heterocycles. The van der Waals surface area contributed by atoms with Crippen molar-refractivity contribution in [3.63, 3.8) is 0 Å². The first-order valence-electron chi connectivity index (χ1n) is 17.3. The highest BCUT2D eigenvalue weighted by Gasteiger charge is 2.61. The van der Waals surface area contributed by atoms with Gasteiger partial charge in [-0.05, 0) is 107 Å². The summed E-state index contributed by atoms with van der Waals surface area (Å²) in [5.41, 5.74) is 11.7. The third-order valence-electron chi connectivity index (χ3n) is 12.0. The molecule has 48 heavy (non-hydrogen) atoms. The van der Waals surface area contributed by atoms with E-state index in [1.165, 1.54) is 59.9 Å². The van der Waals surface area contributed by atoms with E-state index in [1.807, 2.05) is 60.7 Å². The summed E-state index contributed by atoms with van der Waals surface area (Å²) in [5, 5.41) is 9.87. The van der Waals surface area contributed by atoms with Crippen molar-refractivity contribution in [3.05, 3.63) is 138 Å². The summed E-state index contributed by atoms with van der Waals surface area (Å²) in [4.78, 5) is 14.7. The van der Waals surface area contributed by atoms with Gasteiger partial charge in [0.25, 0.3) is 0 Å². The molecule has 1 heterocycles. The largest absolute Gasteiger partial charge is 0.208 e. The number of hydrogen-bond acceptors (Lipinski definition) is 4. The van der Waals surface area contributed by atoms with Gasteiger partial charge >= 0.3 is 0 Å². The van der Waals surface area contributed by atoms with E-state index in [4.69, 9.17) is 15.0 Å². The molecule has 11 rings (SSSR count). The smallest absolute Gasteiger partial charge is 0.164 e. The van der Waals surface area contributed by atoms with Crippen LogP contribution in [0.4, 0.5) is 0 Å². The van der Waals surface area contributed by atoms with Crippen LogP contribution in [0, 0.1) is 35.0 Å². The van der Waals surface area contributed by atoms with E-state index in [1.54, 1.807) is 0 Å². The number of nitrogens with zero attached hydrogens (tertiary/aromatic N) is 4. The van der Waals surface area contributed by atoms with Gasteiger partial charge in [-0.1, -0.05) is 103 Å². The Morgan fingerprint density at radius 1 is 0.479 bits per heavy atom. The molecule has 5 aliphatic carbocycles. The van der Waals surface area contributed by atoms with Gasteiger partial charge in [0, 0.05) is 22.1 Å². The van der Waals surface area contributed by atoms with Crippen LogP contribution in [0.2, 0.25) is 0 Å². The summed E-state index contributed by atoms with van der Waals surface area (Å²) in [6, 6.07) is 45.0. The Bertz CT molecular complexity index is 2160. The molecular weight excluding hydrogens is 585 g/mol. The molecule has 0 atom stereocenters. The lowest BCUT2D eigenvalue weighted by Crippen LogP contribution is -2.55. The van der Waals surface area contributed by atoms with Crippen molar-refractivity contribution in [1.29, 1.82) is 5.26 Å². The van der Waals surface area contributed by atoms with E-state index < -0.39 is 0 Å². The van der Waals surface area contributed by atoms with Crippen molar-refractivity contribution >= 4 is 0 Å². The molecule has 0 N–H and O–H groups in total. The normalized spacial score (nSPS) is 24.3. The molecule has 5 aliphatic rings. The second-order valence-corrected chi connectivity index (χ2v) is 14.4. The molecule has 4 saturated carbocycles. The van der Waals surface area contributed by atoms with Crippen molar-refractivity contribution in [2.24, 2.45) is 23.7 Å². The predicted molar refractivity (Wildman–Crippen MR) is 190 cm³/mol. The highest BCUT2D eigenvalue weighted by molar-refractivity contribution is 5.86. The first-order valence-corrected chi connectivity index (χ1v) is 17.3. The van der Waals surface area contributed by atoms with Crippen LogP contribution in [0.1, 0.15) is 48.8 Å². The van der Waals surface area contributed by atoms with E-state index in [9.17, 15) is 5.26 Å². The van der Waals surface area contributed by atoms with Crippen LogP contribution in [0.5, 0.6) is 0 Å². The number of aromatic nitrogens is 3. The second kappa shape index (κ2) is 10.6. The van der Waals surface area contributed by atoms with E-state index >= 15 is 0 Å². The van der Waals surface area contributed by atoms with Gasteiger partial charge in [-0.3, -0.25) is 0 Å². The Morgan fingerprint density at radius 3 is 1.48 bits per heavy atom. The summed E-state index contributed by atoms with van der Waals surface area (Å²) in [7, 11) is 0. The van der Waals surface area contributed by atoms with Gasteiger partial charge in [-0.15, -0.1) is 0 Å². The highest BCUT2D eigenvalue weighted by Crippen LogP contribution is 2.69. The minimum absolute atomic E-state index is 0.0973. The fourth-order valence-corrected chi connectivity index (χ4v) is 10.2. The van der Waals surface area contributed by atoms with Crippen LogP contribution in [-0.4, -0.2) is 15.0 Å². The van der Waals surface area contributed by atoms with Crippen LogP contribution in [-0.2, 0) is 5.41 Å². The Balaban J connectivity index is 1.05. The number of nitriles is 1. The summed E-state index contributed by atoms with van der Waals surface area (Å²) in [5.74, 6) is 5.19. The fraction of sp³-hybridized carbons (Fsp3) is 0.227.